The Hall–Kier alpha value is -2.80. The molecule has 0 bridgehead atoms. The predicted octanol–water partition coefficient (Wildman–Crippen LogP) is 4.16. The van der Waals surface area contributed by atoms with Crippen molar-refractivity contribution in [2.75, 3.05) is 10.6 Å². The molecular formula is C18H19N5OS. The van der Waals surface area contributed by atoms with Crippen molar-refractivity contribution < 1.29 is 4.79 Å². The minimum absolute atomic E-state index is 0.238. The molecule has 2 aromatic heterocycles. The average molecular weight is 353 g/mol. The number of hydrogen-bond acceptors (Lipinski definition) is 6. The fraction of sp³-hybridized carbons (Fsp3) is 0.222. The van der Waals surface area contributed by atoms with Crippen molar-refractivity contribution in [1.82, 2.24) is 15.0 Å². The molecule has 6 nitrogen and oxygen atoms in total. The van der Waals surface area contributed by atoms with E-state index in [0.29, 0.717) is 16.8 Å². The largest absolute Gasteiger partial charge is 0.320 e. The first-order valence-corrected chi connectivity index (χ1v) is 8.72. The van der Waals surface area contributed by atoms with Crippen LogP contribution in [-0.2, 0) is 0 Å². The summed E-state index contributed by atoms with van der Waals surface area (Å²) in [5, 5.41) is 8.24. The number of benzene rings is 1. The Morgan fingerprint density at radius 1 is 1.00 bits per heavy atom. The highest BCUT2D eigenvalue weighted by Gasteiger charge is 2.13. The number of nitrogens with one attached hydrogen (secondary N) is 2. The summed E-state index contributed by atoms with van der Waals surface area (Å²) in [5.41, 5.74) is 5.07. The van der Waals surface area contributed by atoms with Gasteiger partial charge in [-0.3, -0.25) is 4.79 Å². The molecule has 2 heterocycles. The number of aromatic nitrogens is 3. The standard InChI is InChI=1S/C18H19N5OS/c1-10-5-6-14(11(2)7-10)21-16(24)15-9-25-18(22-15)23-17-19-12(3)8-13(4)20-17/h5-9H,1-4H3,(H,21,24)(H,19,20,22,23). The first-order chi connectivity index (χ1) is 11.9. The van der Waals surface area contributed by atoms with Crippen molar-refractivity contribution in [3.63, 3.8) is 0 Å². The van der Waals surface area contributed by atoms with E-state index in [1.54, 1.807) is 5.38 Å². The molecule has 7 heteroatoms. The minimum atomic E-state index is -0.238. The van der Waals surface area contributed by atoms with Crippen LogP contribution in [0.1, 0.15) is 33.0 Å². The van der Waals surface area contributed by atoms with Gasteiger partial charge in [-0.05, 0) is 45.4 Å². The maximum atomic E-state index is 12.4. The molecule has 1 aromatic carbocycles. The van der Waals surface area contributed by atoms with Gasteiger partial charge in [0.2, 0.25) is 5.95 Å². The molecule has 2 N–H and O–H groups in total. The topological polar surface area (TPSA) is 79.8 Å². The average Bonchev–Trinajstić information content (AvgIpc) is 2.97. The zero-order valence-electron chi connectivity index (χ0n) is 14.5. The molecule has 0 saturated carbocycles. The number of amides is 1. The third kappa shape index (κ3) is 4.19. The molecule has 0 spiro atoms. The van der Waals surface area contributed by atoms with Gasteiger partial charge in [-0.2, -0.15) is 0 Å². The van der Waals surface area contributed by atoms with Crippen LogP contribution < -0.4 is 10.6 Å². The van der Waals surface area contributed by atoms with E-state index >= 15 is 0 Å². The van der Waals surface area contributed by atoms with Crippen LogP contribution in [0.3, 0.4) is 0 Å². The molecule has 25 heavy (non-hydrogen) atoms. The maximum Gasteiger partial charge on any atom is 0.275 e. The lowest BCUT2D eigenvalue weighted by molar-refractivity contribution is 0.102. The zero-order valence-corrected chi connectivity index (χ0v) is 15.4. The highest BCUT2D eigenvalue weighted by Crippen LogP contribution is 2.21. The minimum Gasteiger partial charge on any atom is -0.320 e. The number of thiazole rings is 1. The summed E-state index contributed by atoms with van der Waals surface area (Å²) in [5.74, 6) is 0.241. The van der Waals surface area contributed by atoms with Gasteiger partial charge in [-0.1, -0.05) is 17.7 Å². The van der Waals surface area contributed by atoms with Crippen LogP contribution in [0.15, 0.2) is 29.6 Å². The Balaban J connectivity index is 1.73. The van der Waals surface area contributed by atoms with E-state index in [1.165, 1.54) is 11.3 Å². The van der Waals surface area contributed by atoms with Crippen molar-refractivity contribution >= 4 is 34.0 Å². The Kier molecular flexibility index (Phi) is 4.76. The summed E-state index contributed by atoms with van der Waals surface area (Å²) in [6, 6.07) is 7.79. The molecule has 0 radical (unpaired) electrons. The molecule has 0 aliphatic carbocycles. The second-order valence-electron chi connectivity index (χ2n) is 5.91. The molecule has 3 rings (SSSR count). The third-order valence-corrected chi connectivity index (χ3v) is 4.33. The van der Waals surface area contributed by atoms with Crippen LogP contribution in [0.5, 0.6) is 0 Å². The first-order valence-electron chi connectivity index (χ1n) is 7.84. The van der Waals surface area contributed by atoms with Gasteiger partial charge in [0.05, 0.1) is 0 Å². The van der Waals surface area contributed by atoms with Crippen molar-refractivity contribution in [1.29, 1.82) is 0 Å². The smallest absolute Gasteiger partial charge is 0.275 e. The molecule has 0 atom stereocenters. The SMILES string of the molecule is Cc1ccc(NC(=O)c2csc(Nc3nc(C)cc(C)n3)n2)c(C)c1. The van der Waals surface area contributed by atoms with Crippen LogP contribution in [0.4, 0.5) is 16.8 Å². The molecule has 0 saturated heterocycles. The fourth-order valence-corrected chi connectivity index (χ4v) is 3.14. The third-order valence-electron chi connectivity index (χ3n) is 3.57. The van der Waals surface area contributed by atoms with E-state index in [4.69, 9.17) is 0 Å². The number of carbonyl (C=O) groups excluding carboxylic acids is 1. The van der Waals surface area contributed by atoms with E-state index in [9.17, 15) is 4.79 Å². The Labute approximate surface area is 150 Å². The molecule has 0 unspecified atom stereocenters. The van der Waals surface area contributed by atoms with Crippen LogP contribution in [-0.4, -0.2) is 20.9 Å². The van der Waals surface area contributed by atoms with Crippen molar-refractivity contribution in [3.05, 3.63) is 57.9 Å². The number of aryl methyl sites for hydroxylation is 4. The highest BCUT2D eigenvalue weighted by molar-refractivity contribution is 7.14. The van der Waals surface area contributed by atoms with E-state index in [0.717, 1.165) is 28.2 Å². The summed E-state index contributed by atoms with van der Waals surface area (Å²) in [6.07, 6.45) is 0. The lowest BCUT2D eigenvalue weighted by atomic mass is 10.1. The Bertz CT molecular complexity index is 915. The van der Waals surface area contributed by atoms with E-state index < -0.39 is 0 Å². The number of nitrogens with zero attached hydrogens (tertiary/aromatic N) is 3. The highest BCUT2D eigenvalue weighted by atomic mass is 32.1. The van der Waals surface area contributed by atoms with Gasteiger partial charge in [0.15, 0.2) is 5.13 Å². The van der Waals surface area contributed by atoms with Crippen molar-refractivity contribution in [2.45, 2.75) is 27.7 Å². The van der Waals surface area contributed by atoms with Gasteiger partial charge in [-0.15, -0.1) is 11.3 Å². The van der Waals surface area contributed by atoms with Gasteiger partial charge in [0.1, 0.15) is 5.69 Å². The van der Waals surface area contributed by atoms with Crippen molar-refractivity contribution in [2.24, 2.45) is 0 Å². The fourth-order valence-electron chi connectivity index (χ4n) is 2.45. The first kappa shape index (κ1) is 17.0. The Morgan fingerprint density at radius 2 is 1.72 bits per heavy atom. The molecule has 3 aromatic rings. The summed E-state index contributed by atoms with van der Waals surface area (Å²) in [7, 11) is 0. The summed E-state index contributed by atoms with van der Waals surface area (Å²) in [4.78, 5) is 25.4. The monoisotopic (exact) mass is 353 g/mol. The normalized spacial score (nSPS) is 10.6. The number of carbonyl (C=O) groups is 1. The lowest BCUT2D eigenvalue weighted by Gasteiger charge is -2.07. The van der Waals surface area contributed by atoms with Crippen LogP contribution in [0.2, 0.25) is 0 Å². The number of rotatable bonds is 4. The Morgan fingerprint density at radius 3 is 2.40 bits per heavy atom. The second kappa shape index (κ2) is 6.98. The summed E-state index contributed by atoms with van der Waals surface area (Å²) in [6.45, 7) is 7.80. The van der Waals surface area contributed by atoms with Crippen molar-refractivity contribution in [3.8, 4) is 0 Å². The zero-order chi connectivity index (χ0) is 18.0. The van der Waals surface area contributed by atoms with E-state index in [-0.39, 0.29) is 5.91 Å². The lowest BCUT2D eigenvalue weighted by Crippen LogP contribution is -2.13. The molecule has 0 fully saturated rings. The summed E-state index contributed by atoms with van der Waals surface area (Å²) >= 11 is 1.34. The quantitative estimate of drug-likeness (QED) is 0.736. The summed E-state index contributed by atoms with van der Waals surface area (Å²) < 4.78 is 0. The molecule has 128 valence electrons. The van der Waals surface area contributed by atoms with Crippen LogP contribution in [0.25, 0.3) is 0 Å². The number of anilines is 3. The van der Waals surface area contributed by atoms with Gasteiger partial charge < -0.3 is 10.6 Å². The van der Waals surface area contributed by atoms with Gasteiger partial charge in [0, 0.05) is 22.5 Å². The van der Waals surface area contributed by atoms with Crippen LogP contribution in [0, 0.1) is 27.7 Å². The second-order valence-corrected chi connectivity index (χ2v) is 6.77. The maximum absolute atomic E-state index is 12.4. The predicted molar refractivity (Wildman–Crippen MR) is 101 cm³/mol. The molecule has 1 amide bonds. The molecule has 0 aliphatic rings. The van der Waals surface area contributed by atoms with Gasteiger partial charge >= 0.3 is 0 Å². The van der Waals surface area contributed by atoms with E-state index in [2.05, 4.69) is 25.6 Å². The van der Waals surface area contributed by atoms with Crippen LogP contribution >= 0.6 is 11.3 Å². The number of hydrogen-bond donors (Lipinski definition) is 2. The molecular weight excluding hydrogens is 334 g/mol. The van der Waals surface area contributed by atoms with Gasteiger partial charge in [-0.25, -0.2) is 15.0 Å². The van der Waals surface area contributed by atoms with E-state index in [1.807, 2.05) is 52.0 Å². The van der Waals surface area contributed by atoms with Gasteiger partial charge in [0.25, 0.3) is 5.91 Å². The molecule has 0 aliphatic heterocycles.